The average Bonchev–Trinajstić information content (AvgIpc) is 2.44. The first-order valence-electron chi connectivity index (χ1n) is 6.15. The van der Waals surface area contributed by atoms with Gasteiger partial charge in [0, 0.05) is 30.2 Å². The zero-order valence-corrected chi connectivity index (χ0v) is 10.5. The Morgan fingerprint density at radius 2 is 1.89 bits per heavy atom. The molecule has 1 heterocycles. The van der Waals surface area contributed by atoms with Gasteiger partial charge in [-0.05, 0) is 12.3 Å². The molecule has 4 nitrogen and oxygen atoms in total. The van der Waals surface area contributed by atoms with Crippen LogP contribution in [0.25, 0.3) is 10.8 Å². The van der Waals surface area contributed by atoms with Crippen molar-refractivity contribution in [2.75, 3.05) is 24.6 Å². The number of likely N-dealkylation sites (N-methyl/N-ethyl adjacent to an activating group) is 1. The summed E-state index contributed by atoms with van der Waals surface area (Å²) in [5.41, 5.74) is 0.828. The maximum Gasteiger partial charge on any atom is 0.136 e. The molecule has 0 saturated carbocycles. The Balaban J connectivity index is 2.58. The summed E-state index contributed by atoms with van der Waals surface area (Å²) in [5.74, 6) is 0.861. The van der Waals surface area contributed by atoms with Crippen LogP contribution >= 0.6 is 0 Å². The number of benzene rings is 1. The SMILES string of the molecule is CCN(CCO)c1ncc(CO)c2ccccc12. The van der Waals surface area contributed by atoms with Gasteiger partial charge in [-0.25, -0.2) is 4.98 Å². The normalized spacial score (nSPS) is 10.8. The van der Waals surface area contributed by atoms with Crippen LogP contribution in [0.15, 0.2) is 30.5 Å². The summed E-state index contributed by atoms with van der Waals surface area (Å²) in [6, 6.07) is 7.89. The Morgan fingerprint density at radius 1 is 1.17 bits per heavy atom. The van der Waals surface area contributed by atoms with Gasteiger partial charge in [0.15, 0.2) is 0 Å². The van der Waals surface area contributed by atoms with Crippen LogP contribution in [0, 0.1) is 0 Å². The lowest BCUT2D eigenvalue weighted by Crippen LogP contribution is -2.27. The summed E-state index contributed by atoms with van der Waals surface area (Å²) < 4.78 is 0. The number of nitrogens with zero attached hydrogens (tertiary/aromatic N) is 2. The lowest BCUT2D eigenvalue weighted by molar-refractivity contribution is 0.283. The predicted molar refractivity (Wildman–Crippen MR) is 72.6 cm³/mol. The van der Waals surface area contributed by atoms with E-state index in [1.165, 1.54) is 0 Å². The lowest BCUT2D eigenvalue weighted by Gasteiger charge is -2.23. The van der Waals surface area contributed by atoms with E-state index in [0.717, 1.165) is 28.7 Å². The summed E-state index contributed by atoms with van der Waals surface area (Å²) in [7, 11) is 0. The van der Waals surface area contributed by atoms with Crippen molar-refractivity contribution in [3.8, 4) is 0 Å². The molecule has 18 heavy (non-hydrogen) atoms. The molecule has 2 N–H and O–H groups in total. The van der Waals surface area contributed by atoms with E-state index >= 15 is 0 Å². The first-order chi connectivity index (χ1) is 8.81. The molecule has 96 valence electrons. The topological polar surface area (TPSA) is 56.6 Å². The van der Waals surface area contributed by atoms with Gasteiger partial charge < -0.3 is 15.1 Å². The zero-order valence-electron chi connectivity index (χ0n) is 10.5. The smallest absolute Gasteiger partial charge is 0.136 e. The Hall–Kier alpha value is -1.65. The summed E-state index contributed by atoms with van der Waals surface area (Å²) in [4.78, 5) is 6.45. The highest BCUT2D eigenvalue weighted by atomic mass is 16.3. The quantitative estimate of drug-likeness (QED) is 0.840. The highest BCUT2D eigenvalue weighted by Gasteiger charge is 2.11. The molecule has 2 rings (SSSR count). The van der Waals surface area contributed by atoms with Gasteiger partial charge in [-0.2, -0.15) is 0 Å². The fraction of sp³-hybridized carbons (Fsp3) is 0.357. The van der Waals surface area contributed by atoms with Crippen molar-refractivity contribution in [1.82, 2.24) is 4.98 Å². The standard InChI is InChI=1S/C14H18N2O2/c1-2-16(7-8-17)14-13-6-4-3-5-12(13)11(10-18)9-15-14/h3-6,9,17-18H,2,7-8,10H2,1H3. The minimum atomic E-state index is -0.0140. The van der Waals surface area contributed by atoms with Gasteiger partial charge in [-0.3, -0.25) is 0 Å². The number of rotatable bonds is 5. The molecule has 0 fully saturated rings. The number of anilines is 1. The second kappa shape index (κ2) is 5.80. The van der Waals surface area contributed by atoms with Crippen LogP contribution < -0.4 is 4.90 Å². The largest absolute Gasteiger partial charge is 0.395 e. The number of aliphatic hydroxyl groups is 2. The third-order valence-corrected chi connectivity index (χ3v) is 3.08. The highest BCUT2D eigenvalue weighted by Crippen LogP contribution is 2.26. The van der Waals surface area contributed by atoms with Crippen LogP contribution in [0.3, 0.4) is 0 Å². The van der Waals surface area contributed by atoms with E-state index in [2.05, 4.69) is 4.98 Å². The van der Waals surface area contributed by atoms with Crippen molar-refractivity contribution >= 4 is 16.6 Å². The fourth-order valence-corrected chi connectivity index (χ4v) is 2.15. The van der Waals surface area contributed by atoms with Gasteiger partial charge in [0.25, 0.3) is 0 Å². The molecule has 0 amide bonds. The van der Waals surface area contributed by atoms with Crippen molar-refractivity contribution in [2.45, 2.75) is 13.5 Å². The van der Waals surface area contributed by atoms with Gasteiger partial charge in [-0.15, -0.1) is 0 Å². The fourth-order valence-electron chi connectivity index (χ4n) is 2.15. The minimum absolute atomic E-state index is 0.0140. The molecule has 0 aliphatic carbocycles. The second-order valence-corrected chi connectivity index (χ2v) is 4.11. The summed E-state index contributed by atoms with van der Waals surface area (Å²) in [5, 5.41) is 20.5. The van der Waals surface area contributed by atoms with Gasteiger partial charge in [0.1, 0.15) is 5.82 Å². The Kier molecular flexibility index (Phi) is 4.12. The number of pyridine rings is 1. The number of aromatic nitrogens is 1. The lowest BCUT2D eigenvalue weighted by atomic mass is 10.1. The van der Waals surface area contributed by atoms with Crippen molar-refractivity contribution in [1.29, 1.82) is 0 Å². The van der Waals surface area contributed by atoms with E-state index in [1.807, 2.05) is 36.1 Å². The van der Waals surface area contributed by atoms with Crippen molar-refractivity contribution in [3.05, 3.63) is 36.0 Å². The van der Waals surface area contributed by atoms with Crippen molar-refractivity contribution in [3.63, 3.8) is 0 Å². The van der Waals surface area contributed by atoms with Crippen LogP contribution in [0.2, 0.25) is 0 Å². The van der Waals surface area contributed by atoms with Crippen LogP contribution in [-0.2, 0) is 6.61 Å². The van der Waals surface area contributed by atoms with Crippen LogP contribution in [0.5, 0.6) is 0 Å². The molecule has 0 spiro atoms. The van der Waals surface area contributed by atoms with Crippen molar-refractivity contribution in [2.24, 2.45) is 0 Å². The van der Waals surface area contributed by atoms with Gasteiger partial charge in [0.2, 0.25) is 0 Å². The third kappa shape index (κ3) is 2.30. The third-order valence-electron chi connectivity index (χ3n) is 3.08. The summed E-state index contributed by atoms with van der Waals surface area (Å²) >= 11 is 0. The molecular formula is C14H18N2O2. The van der Waals surface area contributed by atoms with Gasteiger partial charge in [0.05, 0.1) is 13.2 Å². The van der Waals surface area contributed by atoms with E-state index in [0.29, 0.717) is 6.54 Å². The zero-order chi connectivity index (χ0) is 13.0. The maximum absolute atomic E-state index is 9.33. The molecular weight excluding hydrogens is 228 g/mol. The molecule has 4 heteroatoms. The van der Waals surface area contributed by atoms with Crippen LogP contribution in [-0.4, -0.2) is 34.9 Å². The maximum atomic E-state index is 9.33. The summed E-state index contributed by atoms with van der Waals surface area (Å²) in [6.07, 6.45) is 1.71. The van der Waals surface area contributed by atoms with Gasteiger partial charge in [-0.1, -0.05) is 24.3 Å². The predicted octanol–water partition coefficient (Wildman–Crippen LogP) is 1.55. The van der Waals surface area contributed by atoms with Crippen LogP contribution in [0.1, 0.15) is 12.5 Å². The molecule has 1 aromatic carbocycles. The molecule has 0 radical (unpaired) electrons. The molecule has 0 aliphatic rings. The Bertz CT molecular complexity index is 528. The molecule has 0 saturated heterocycles. The highest BCUT2D eigenvalue weighted by molar-refractivity contribution is 5.94. The van der Waals surface area contributed by atoms with E-state index in [-0.39, 0.29) is 13.2 Å². The Morgan fingerprint density at radius 3 is 2.50 bits per heavy atom. The number of hydrogen-bond donors (Lipinski definition) is 2. The number of hydrogen-bond acceptors (Lipinski definition) is 4. The molecule has 2 aromatic rings. The van der Waals surface area contributed by atoms with E-state index in [1.54, 1.807) is 6.20 Å². The molecule has 0 aliphatic heterocycles. The van der Waals surface area contributed by atoms with E-state index < -0.39 is 0 Å². The molecule has 0 unspecified atom stereocenters. The monoisotopic (exact) mass is 246 g/mol. The first-order valence-corrected chi connectivity index (χ1v) is 6.15. The second-order valence-electron chi connectivity index (χ2n) is 4.11. The molecule has 0 bridgehead atoms. The molecule has 0 atom stereocenters. The van der Waals surface area contributed by atoms with Gasteiger partial charge >= 0.3 is 0 Å². The average molecular weight is 246 g/mol. The van der Waals surface area contributed by atoms with E-state index in [9.17, 15) is 5.11 Å². The van der Waals surface area contributed by atoms with Crippen molar-refractivity contribution < 1.29 is 10.2 Å². The first kappa shape index (κ1) is 12.8. The van der Waals surface area contributed by atoms with E-state index in [4.69, 9.17) is 5.11 Å². The minimum Gasteiger partial charge on any atom is -0.395 e. The Labute approximate surface area is 107 Å². The van der Waals surface area contributed by atoms with Crippen LogP contribution in [0.4, 0.5) is 5.82 Å². The summed E-state index contributed by atoms with van der Waals surface area (Å²) in [6.45, 7) is 3.47. The molecule has 1 aromatic heterocycles. The number of aliphatic hydroxyl groups excluding tert-OH is 2. The number of fused-ring (bicyclic) bond motifs is 1.